The van der Waals surface area contributed by atoms with E-state index in [2.05, 4.69) is 47.7 Å². The van der Waals surface area contributed by atoms with Gasteiger partial charge in [-0.1, -0.05) is 37.6 Å². The van der Waals surface area contributed by atoms with Crippen LogP contribution >= 0.6 is 0 Å². The maximum Gasteiger partial charge on any atom is 0.302 e. The third-order valence-electron chi connectivity index (χ3n) is 10.6. The quantitative estimate of drug-likeness (QED) is 0.166. The van der Waals surface area contributed by atoms with Crippen molar-refractivity contribution in [2.75, 3.05) is 6.61 Å². The molecule has 4 aliphatic rings. The van der Waals surface area contributed by atoms with Crippen molar-refractivity contribution < 1.29 is 19.1 Å². The normalized spacial score (nSPS) is 34.0. The Morgan fingerprint density at radius 2 is 2.00 bits per heavy atom. The van der Waals surface area contributed by atoms with Crippen LogP contribution < -0.4 is 4.74 Å². The van der Waals surface area contributed by atoms with Crippen molar-refractivity contribution in [3.63, 3.8) is 0 Å². The number of hydrogen-bond acceptors (Lipinski definition) is 5. The third kappa shape index (κ3) is 4.95. The maximum atomic E-state index is 13.9. The largest absolute Gasteiger partial charge is 0.494 e. The number of hydrogen-bond donors (Lipinski definition) is 0. The Bertz CT molecular complexity index is 1330. The summed E-state index contributed by atoms with van der Waals surface area (Å²) in [6.45, 7) is 7.70. The average Bonchev–Trinajstić information content (AvgIpc) is 3.53. The molecule has 0 N–H and O–H groups in total. The van der Waals surface area contributed by atoms with Crippen LogP contribution in [0.1, 0.15) is 77.7 Å². The SMILES string of the molecule is CC(=O)O[C@H]1CC[C@@]2(C)C(=CCC3C2CC[C@]2(C)C(=O)C(=Cc4cccc(OCCCn5ccnc5)c4)CC32)C1. The molecule has 40 heavy (non-hydrogen) atoms. The second-order valence-corrected chi connectivity index (χ2v) is 13.0. The number of ether oxygens (including phenoxy) is 2. The van der Waals surface area contributed by atoms with Gasteiger partial charge >= 0.3 is 5.97 Å². The average molecular weight is 543 g/mol. The van der Waals surface area contributed by atoms with Gasteiger partial charge in [-0.3, -0.25) is 9.59 Å². The van der Waals surface area contributed by atoms with E-state index < -0.39 is 0 Å². The highest BCUT2D eigenvalue weighted by Crippen LogP contribution is 2.64. The highest BCUT2D eigenvalue weighted by molar-refractivity contribution is 6.06. The van der Waals surface area contributed by atoms with Crippen LogP contribution in [0.15, 0.2) is 60.2 Å². The third-order valence-corrected chi connectivity index (χ3v) is 10.6. The fourth-order valence-corrected chi connectivity index (χ4v) is 8.51. The number of nitrogens with zero attached hydrogens (tertiary/aromatic N) is 2. The molecule has 6 nitrogen and oxygen atoms in total. The van der Waals surface area contributed by atoms with Crippen molar-refractivity contribution in [2.45, 2.75) is 84.8 Å². The molecule has 0 saturated heterocycles. The number of ketones is 1. The summed E-state index contributed by atoms with van der Waals surface area (Å²) in [6, 6.07) is 8.14. The Balaban J connectivity index is 1.15. The lowest BCUT2D eigenvalue weighted by Gasteiger charge is -2.56. The van der Waals surface area contributed by atoms with E-state index in [-0.39, 0.29) is 22.9 Å². The Kier molecular flexibility index (Phi) is 7.22. The van der Waals surface area contributed by atoms with Gasteiger partial charge in [0.05, 0.1) is 12.9 Å². The first-order valence-electron chi connectivity index (χ1n) is 15.1. The number of fused-ring (bicyclic) bond motifs is 5. The summed E-state index contributed by atoms with van der Waals surface area (Å²) < 4.78 is 13.7. The van der Waals surface area contributed by atoms with Crippen LogP contribution in [0.25, 0.3) is 6.08 Å². The van der Waals surface area contributed by atoms with E-state index in [9.17, 15) is 9.59 Å². The molecule has 2 aromatic rings. The predicted octanol–water partition coefficient (Wildman–Crippen LogP) is 6.81. The molecule has 1 aromatic heterocycles. The van der Waals surface area contributed by atoms with Crippen molar-refractivity contribution in [3.05, 3.63) is 65.8 Å². The Hall–Kier alpha value is -3.15. The molecule has 1 aromatic carbocycles. The lowest BCUT2D eigenvalue weighted by Crippen LogP contribution is -2.50. The Morgan fingerprint density at radius 3 is 2.80 bits per heavy atom. The molecule has 4 aliphatic carbocycles. The first kappa shape index (κ1) is 27.0. The van der Waals surface area contributed by atoms with Crippen LogP contribution in [0.4, 0.5) is 0 Å². The fourth-order valence-electron chi connectivity index (χ4n) is 8.51. The van der Waals surface area contributed by atoms with E-state index >= 15 is 0 Å². The van der Waals surface area contributed by atoms with Gasteiger partial charge in [0.15, 0.2) is 5.78 Å². The molecule has 3 unspecified atom stereocenters. The summed E-state index contributed by atoms with van der Waals surface area (Å²) in [7, 11) is 0. The number of aryl methyl sites for hydroxylation is 1. The van der Waals surface area contributed by atoms with Crippen LogP contribution in [0.2, 0.25) is 0 Å². The number of Topliss-reactive ketones (excluding diaryl/α,β-unsaturated/α-hetero) is 1. The summed E-state index contributed by atoms with van der Waals surface area (Å²) >= 11 is 0. The maximum absolute atomic E-state index is 13.9. The van der Waals surface area contributed by atoms with Crippen LogP contribution in [-0.2, 0) is 20.9 Å². The highest BCUT2D eigenvalue weighted by atomic mass is 16.5. The minimum absolute atomic E-state index is 0.0150. The first-order valence-corrected chi connectivity index (χ1v) is 15.1. The molecule has 0 aliphatic heterocycles. The molecule has 0 bridgehead atoms. The van der Waals surface area contributed by atoms with Gasteiger partial charge in [-0.15, -0.1) is 0 Å². The van der Waals surface area contributed by atoms with Gasteiger partial charge in [0.2, 0.25) is 0 Å². The van der Waals surface area contributed by atoms with Gasteiger partial charge in [-0.25, -0.2) is 4.98 Å². The van der Waals surface area contributed by atoms with Crippen molar-refractivity contribution in [1.82, 2.24) is 9.55 Å². The van der Waals surface area contributed by atoms with Crippen LogP contribution in [0.5, 0.6) is 5.75 Å². The first-order chi connectivity index (χ1) is 19.3. The van der Waals surface area contributed by atoms with E-state index in [0.29, 0.717) is 30.1 Å². The van der Waals surface area contributed by atoms with Gasteiger partial charge < -0.3 is 14.0 Å². The molecule has 6 heteroatoms. The fraction of sp³-hybridized carbons (Fsp3) is 0.559. The molecule has 3 saturated carbocycles. The molecule has 0 spiro atoms. The molecular formula is C34H42N2O4. The molecule has 0 radical (unpaired) electrons. The molecule has 212 valence electrons. The minimum atomic E-state index is -0.273. The minimum Gasteiger partial charge on any atom is -0.494 e. The van der Waals surface area contributed by atoms with Gasteiger partial charge in [0.1, 0.15) is 11.9 Å². The zero-order valence-corrected chi connectivity index (χ0v) is 24.1. The molecule has 1 heterocycles. The number of rotatable bonds is 7. The number of allylic oxidation sites excluding steroid dienone is 2. The van der Waals surface area contributed by atoms with Crippen LogP contribution in [0, 0.1) is 28.6 Å². The van der Waals surface area contributed by atoms with Crippen molar-refractivity contribution in [2.24, 2.45) is 28.6 Å². The Labute approximate surface area is 237 Å². The molecule has 0 amide bonds. The van der Waals surface area contributed by atoms with E-state index in [1.165, 1.54) is 12.5 Å². The standard InChI is InChI=1S/C34H42N2O4/c1-23(37)40-28-10-12-33(2)26(21-28)8-9-29-30(33)11-13-34(3)31(29)20-25(32(34)38)18-24-6-4-7-27(19-24)39-17-5-15-36-16-14-35-22-36/h4,6-8,14,16,18-19,22,28-31H,5,9-13,15,17,20-21H2,1-3H3/t28-,29?,30?,31?,33-,34-/m0/s1. The lowest BCUT2D eigenvalue weighted by atomic mass is 9.48. The summed E-state index contributed by atoms with van der Waals surface area (Å²) in [4.78, 5) is 29.5. The zero-order valence-electron chi connectivity index (χ0n) is 24.1. The van der Waals surface area contributed by atoms with E-state index in [1.54, 1.807) is 6.20 Å². The van der Waals surface area contributed by atoms with Gasteiger partial charge in [-0.05, 0) is 97.5 Å². The number of carbonyl (C=O) groups is 2. The second kappa shape index (κ2) is 10.7. The summed E-state index contributed by atoms with van der Waals surface area (Å²) in [5, 5.41) is 0. The molecule has 3 fully saturated rings. The topological polar surface area (TPSA) is 70.4 Å². The summed E-state index contributed by atoms with van der Waals surface area (Å²) in [5.74, 6) is 2.52. The second-order valence-electron chi connectivity index (χ2n) is 13.0. The summed E-state index contributed by atoms with van der Waals surface area (Å²) in [6.07, 6.45) is 17.9. The number of carbonyl (C=O) groups excluding carboxylic acids is 2. The molecular weight excluding hydrogens is 500 g/mol. The number of esters is 1. The number of aromatic nitrogens is 2. The smallest absolute Gasteiger partial charge is 0.302 e. The van der Waals surface area contributed by atoms with Crippen LogP contribution in [-0.4, -0.2) is 34.0 Å². The van der Waals surface area contributed by atoms with E-state index in [0.717, 1.165) is 74.8 Å². The van der Waals surface area contributed by atoms with Gasteiger partial charge in [0, 0.05) is 37.7 Å². The van der Waals surface area contributed by atoms with Crippen molar-refractivity contribution >= 4 is 17.8 Å². The van der Waals surface area contributed by atoms with Crippen molar-refractivity contribution in [3.8, 4) is 5.75 Å². The number of imidazole rings is 1. The van der Waals surface area contributed by atoms with Crippen LogP contribution in [0.3, 0.4) is 0 Å². The monoisotopic (exact) mass is 542 g/mol. The predicted molar refractivity (Wildman–Crippen MR) is 154 cm³/mol. The van der Waals surface area contributed by atoms with E-state index in [4.69, 9.17) is 9.47 Å². The van der Waals surface area contributed by atoms with Gasteiger partial charge in [0.25, 0.3) is 0 Å². The zero-order chi connectivity index (χ0) is 27.9. The van der Waals surface area contributed by atoms with E-state index in [1.807, 2.05) is 24.7 Å². The van der Waals surface area contributed by atoms with Gasteiger partial charge in [-0.2, -0.15) is 0 Å². The number of benzene rings is 1. The Morgan fingerprint density at radius 1 is 1.15 bits per heavy atom. The highest BCUT2D eigenvalue weighted by Gasteiger charge is 2.60. The molecule has 6 rings (SSSR count). The molecule has 6 atom stereocenters. The lowest BCUT2D eigenvalue weighted by molar-refractivity contribution is -0.148. The summed E-state index contributed by atoms with van der Waals surface area (Å²) in [5.41, 5.74) is 3.38. The van der Waals surface area contributed by atoms with Crippen molar-refractivity contribution in [1.29, 1.82) is 0 Å².